The molecule has 1 N–H and O–H groups in total. The lowest BCUT2D eigenvalue weighted by Crippen LogP contribution is -2.26. The predicted octanol–water partition coefficient (Wildman–Crippen LogP) is 1.93. The van der Waals surface area contributed by atoms with Crippen LogP contribution in [-0.2, 0) is 9.84 Å². The van der Waals surface area contributed by atoms with E-state index in [-0.39, 0.29) is 17.7 Å². The Kier molecular flexibility index (Phi) is 3.48. The number of hydrogen-bond donors (Lipinski definition) is 1. The molecule has 2 atom stereocenters. The second-order valence-corrected chi connectivity index (χ2v) is 7.60. The van der Waals surface area contributed by atoms with Crippen molar-refractivity contribution in [2.75, 3.05) is 18.6 Å². The molecule has 1 aromatic carbocycles. The van der Waals surface area contributed by atoms with Crippen LogP contribution in [0.15, 0.2) is 36.7 Å². The van der Waals surface area contributed by atoms with E-state index in [9.17, 15) is 8.42 Å². The average molecular weight is 290 g/mol. The SMILES string of the molecule is CNC(c1cccc2ccncc12)C1CCS(=O)(=O)C1. The van der Waals surface area contributed by atoms with Gasteiger partial charge >= 0.3 is 0 Å². The lowest BCUT2D eigenvalue weighted by atomic mass is 9.90. The van der Waals surface area contributed by atoms with Crippen molar-refractivity contribution >= 4 is 20.6 Å². The van der Waals surface area contributed by atoms with Crippen molar-refractivity contribution in [3.63, 3.8) is 0 Å². The molecule has 3 rings (SSSR count). The molecule has 2 aromatic rings. The van der Waals surface area contributed by atoms with E-state index in [4.69, 9.17) is 0 Å². The molecule has 1 aromatic heterocycles. The molecule has 0 bridgehead atoms. The van der Waals surface area contributed by atoms with Crippen LogP contribution in [0, 0.1) is 5.92 Å². The van der Waals surface area contributed by atoms with E-state index in [0.29, 0.717) is 5.75 Å². The number of fused-ring (bicyclic) bond motifs is 1. The van der Waals surface area contributed by atoms with Crippen molar-refractivity contribution in [2.24, 2.45) is 5.92 Å². The summed E-state index contributed by atoms with van der Waals surface area (Å²) >= 11 is 0. The van der Waals surface area contributed by atoms with Crippen LogP contribution < -0.4 is 5.32 Å². The molecule has 2 unspecified atom stereocenters. The quantitative estimate of drug-likeness (QED) is 0.938. The molecule has 1 aliphatic rings. The number of nitrogens with zero attached hydrogens (tertiary/aromatic N) is 1. The van der Waals surface area contributed by atoms with E-state index < -0.39 is 9.84 Å². The van der Waals surface area contributed by atoms with Gasteiger partial charge < -0.3 is 5.32 Å². The van der Waals surface area contributed by atoms with Crippen molar-refractivity contribution in [1.82, 2.24) is 10.3 Å². The molecule has 5 heteroatoms. The van der Waals surface area contributed by atoms with Gasteiger partial charge in [-0.3, -0.25) is 4.98 Å². The first-order chi connectivity index (χ1) is 9.61. The van der Waals surface area contributed by atoms with Gasteiger partial charge in [0.15, 0.2) is 9.84 Å². The van der Waals surface area contributed by atoms with Gasteiger partial charge in [0.05, 0.1) is 11.5 Å². The molecule has 0 radical (unpaired) electrons. The van der Waals surface area contributed by atoms with Gasteiger partial charge in [0.25, 0.3) is 0 Å². The highest BCUT2D eigenvalue weighted by molar-refractivity contribution is 7.91. The van der Waals surface area contributed by atoms with E-state index in [1.165, 1.54) is 0 Å². The highest BCUT2D eigenvalue weighted by Gasteiger charge is 2.34. The van der Waals surface area contributed by atoms with Gasteiger partial charge in [-0.15, -0.1) is 0 Å². The van der Waals surface area contributed by atoms with E-state index in [0.717, 1.165) is 22.8 Å². The lowest BCUT2D eigenvalue weighted by Gasteiger charge is -2.23. The summed E-state index contributed by atoms with van der Waals surface area (Å²) in [7, 11) is -0.974. The first-order valence-corrected chi connectivity index (χ1v) is 8.63. The third-order valence-electron chi connectivity index (χ3n) is 4.10. The summed E-state index contributed by atoms with van der Waals surface area (Å²) in [5, 5.41) is 5.53. The summed E-state index contributed by atoms with van der Waals surface area (Å²) in [6.07, 6.45) is 4.36. The first kappa shape index (κ1) is 13.5. The van der Waals surface area contributed by atoms with Crippen LogP contribution in [0.1, 0.15) is 18.0 Å². The summed E-state index contributed by atoms with van der Waals surface area (Å²) < 4.78 is 23.4. The Hall–Kier alpha value is -1.46. The lowest BCUT2D eigenvalue weighted by molar-refractivity contribution is 0.421. The fourth-order valence-electron chi connectivity index (χ4n) is 3.14. The van der Waals surface area contributed by atoms with Gasteiger partial charge in [0, 0.05) is 23.8 Å². The fraction of sp³-hybridized carbons (Fsp3) is 0.400. The highest BCUT2D eigenvalue weighted by atomic mass is 32.2. The molecule has 106 valence electrons. The Morgan fingerprint density at radius 2 is 2.20 bits per heavy atom. The van der Waals surface area contributed by atoms with Crippen LogP contribution in [0.25, 0.3) is 10.8 Å². The molecule has 0 aliphatic carbocycles. The highest BCUT2D eigenvalue weighted by Crippen LogP contribution is 2.34. The Labute approximate surface area is 119 Å². The number of benzene rings is 1. The molecule has 0 amide bonds. The van der Waals surface area contributed by atoms with Crippen molar-refractivity contribution in [3.8, 4) is 0 Å². The number of aromatic nitrogens is 1. The number of sulfone groups is 1. The van der Waals surface area contributed by atoms with E-state index in [2.05, 4.69) is 22.4 Å². The fourth-order valence-corrected chi connectivity index (χ4v) is 4.98. The summed E-state index contributed by atoms with van der Waals surface area (Å²) in [6, 6.07) is 8.18. The first-order valence-electron chi connectivity index (χ1n) is 6.81. The van der Waals surface area contributed by atoms with Gasteiger partial charge in [0.2, 0.25) is 0 Å². The maximum absolute atomic E-state index is 11.7. The summed E-state index contributed by atoms with van der Waals surface area (Å²) in [4.78, 5) is 4.20. The van der Waals surface area contributed by atoms with Gasteiger partial charge in [-0.2, -0.15) is 0 Å². The van der Waals surface area contributed by atoms with Crippen LogP contribution >= 0.6 is 0 Å². The van der Waals surface area contributed by atoms with Gasteiger partial charge in [-0.1, -0.05) is 18.2 Å². The van der Waals surface area contributed by atoms with E-state index in [1.807, 2.05) is 25.4 Å². The minimum Gasteiger partial charge on any atom is -0.313 e. The second kappa shape index (κ2) is 5.14. The normalized spacial score (nSPS) is 22.9. The van der Waals surface area contributed by atoms with Crippen LogP contribution in [-0.4, -0.2) is 32.0 Å². The molecule has 1 fully saturated rings. The largest absolute Gasteiger partial charge is 0.313 e. The molecule has 2 heterocycles. The van der Waals surface area contributed by atoms with Crippen molar-refractivity contribution in [3.05, 3.63) is 42.2 Å². The molecule has 0 spiro atoms. The molecular formula is C15H18N2O2S. The standard InChI is InChI=1S/C15H18N2O2S/c1-16-15(12-6-8-20(18,19)10-12)13-4-2-3-11-5-7-17-9-14(11)13/h2-5,7,9,12,15-16H,6,8,10H2,1H3. The molecule has 1 saturated heterocycles. The van der Waals surface area contributed by atoms with Crippen molar-refractivity contribution in [2.45, 2.75) is 12.5 Å². The number of rotatable bonds is 3. The number of pyridine rings is 1. The minimum atomic E-state index is -2.87. The zero-order chi connectivity index (χ0) is 14.2. The zero-order valence-corrected chi connectivity index (χ0v) is 12.2. The van der Waals surface area contributed by atoms with Crippen molar-refractivity contribution < 1.29 is 8.42 Å². The molecule has 1 aliphatic heterocycles. The van der Waals surface area contributed by atoms with Gasteiger partial charge in [0.1, 0.15) is 0 Å². The summed E-state index contributed by atoms with van der Waals surface area (Å²) in [6.45, 7) is 0. The molecule has 0 saturated carbocycles. The Morgan fingerprint density at radius 1 is 1.35 bits per heavy atom. The Bertz CT molecular complexity index is 722. The predicted molar refractivity (Wildman–Crippen MR) is 80.3 cm³/mol. The van der Waals surface area contributed by atoms with Crippen molar-refractivity contribution in [1.29, 1.82) is 0 Å². The summed E-state index contributed by atoms with van der Waals surface area (Å²) in [5.74, 6) is 0.712. The topological polar surface area (TPSA) is 59.1 Å². The zero-order valence-electron chi connectivity index (χ0n) is 11.4. The minimum absolute atomic E-state index is 0.0557. The number of nitrogens with one attached hydrogen (secondary N) is 1. The Morgan fingerprint density at radius 3 is 2.90 bits per heavy atom. The third kappa shape index (κ3) is 2.43. The maximum Gasteiger partial charge on any atom is 0.150 e. The van der Waals surface area contributed by atoms with Gasteiger partial charge in [-0.05, 0) is 36.4 Å². The second-order valence-electron chi connectivity index (χ2n) is 5.37. The van der Waals surface area contributed by atoms with Crippen LogP contribution in [0.5, 0.6) is 0 Å². The monoisotopic (exact) mass is 290 g/mol. The molecule has 20 heavy (non-hydrogen) atoms. The number of hydrogen-bond acceptors (Lipinski definition) is 4. The molecular weight excluding hydrogens is 272 g/mol. The smallest absolute Gasteiger partial charge is 0.150 e. The van der Waals surface area contributed by atoms with Crippen LogP contribution in [0.3, 0.4) is 0 Å². The van der Waals surface area contributed by atoms with Gasteiger partial charge in [-0.25, -0.2) is 8.42 Å². The summed E-state index contributed by atoms with van der Waals surface area (Å²) in [5.41, 5.74) is 1.14. The van der Waals surface area contributed by atoms with E-state index in [1.54, 1.807) is 6.20 Å². The third-order valence-corrected chi connectivity index (χ3v) is 5.90. The Balaban J connectivity index is 2.04. The average Bonchev–Trinajstić information content (AvgIpc) is 2.80. The van der Waals surface area contributed by atoms with Crippen LogP contribution in [0.4, 0.5) is 0 Å². The molecule has 4 nitrogen and oxygen atoms in total. The maximum atomic E-state index is 11.7. The van der Waals surface area contributed by atoms with E-state index >= 15 is 0 Å². The van der Waals surface area contributed by atoms with Crippen LogP contribution in [0.2, 0.25) is 0 Å².